The van der Waals surface area contributed by atoms with Gasteiger partial charge in [0.05, 0.1) is 34.1 Å². The van der Waals surface area contributed by atoms with Crippen molar-refractivity contribution in [1.29, 1.82) is 0 Å². The highest BCUT2D eigenvalue weighted by molar-refractivity contribution is 6.07. The lowest BCUT2D eigenvalue weighted by molar-refractivity contribution is 0.0940. The summed E-state index contributed by atoms with van der Waals surface area (Å²) >= 11 is 0. The normalized spacial score (nSPS) is 12.3. The maximum absolute atomic E-state index is 13.3. The van der Waals surface area contributed by atoms with Crippen LogP contribution in [0.4, 0.5) is 4.39 Å². The number of amides is 1. The van der Waals surface area contributed by atoms with E-state index in [-0.39, 0.29) is 23.5 Å². The smallest absolute Gasteiger partial charge is 0.259 e. The molecule has 0 fully saturated rings. The predicted octanol–water partition coefficient (Wildman–Crippen LogP) is 4.04. The molecule has 8 heteroatoms. The summed E-state index contributed by atoms with van der Waals surface area (Å²) in [5, 5.41) is 11.8. The van der Waals surface area contributed by atoms with Gasteiger partial charge in [0.15, 0.2) is 0 Å². The first-order valence-corrected chi connectivity index (χ1v) is 9.33. The van der Waals surface area contributed by atoms with Crippen molar-refractivity contribution < 1.29 is 13.7 Å². The van der Waals surface area contributed by atoms with E-state index >= 15 is 0 Å². The molecule has 1 atom stereocenters. The Labute approximate surface area is 166 Å². The van der Waals surface area contributed by atoms with Gasteiger partial charge < -0.3 is 9.84 Å². The number of halogens is 1. The minimum Gasteiger partial charge on any atom is -0.344 e. The van der Waals surface area contributed by atoms with Crippen LogP contribution in [0, 0.1) is 12.7 Å². The monoisotopic (exact) mass is 393 g/mol. The Kier molecular flexibility index (Phi) is 4.84. The highest BCUT2D eigenvalue weighted by Gasteiger charge is 2.22. The maximum atomic E-state index is 13.3. The Morgan fingerprint density at radius 1 is 1.28 bits per heavy atom. The number of hydrogen-bond donors (Lipinski definition) is 1. The second-order valence-electron chi connectivity index (χ2n) is 6.78. The van der Waals surface area contributed by atoms with E-state index in [1.165, 1.54) is 12.1 Å². The van der Waals surface area contributed by atoms with E-state index in [1.54, 1.807) is 31.3 Å². The van der Waals surface area contributed by atoms with Crippen LogP contribution in [-0.2, 0) is 6.54 Å². The first-order chi connectivity index (χ1) is 14.0. The summed E-state index contributed by atoms with van der Waals surface area (Å²) in [6.45, 7) is 6.37. The number of pyridine rings is 1. The molecule has 1 aromatic carbocycles. The molecule has 1 amide bonds. The van der Waals surface area contributed by atoms with E-state index < -0.39 is 0 Å². The number of fused-ring (bicyclic) bond motifs is 1. The number of benzene rings is 1. The molecule has 3 aromatic heterocycles. The van der Waals surface area contributed by atoms with Crippen LogP contribution in [-0.4, -0.2) is 25.8 Å². The van der Waals surface area contributed by atoms with Gasteiger partial charge in [0.1, 0.15) is 5.82 Å². The second-order valence-corrected chi connectivity index (χ2v) is 6.78. The molecule has 4 rings (SSSR count). The lowest BCUT2D eigenvalue weighted by Crippen LogP contribution is -2.28. The van der Waals surface area contributed by atoms with Gasteiger partial charge in [-0.25, -0.2) is 9.37 Å². The molecule has 0 radical (unpaired) electrons. The number of nitrogens with zero attached hydrogens (tertiary/aromatic N) is 4. The Hall–Kier alpha value is -3.55. The molecule has 0 aliphatic rings. The van der Waals surface area contributed by atoms with Gasteiger partial charge in [-0.1, -0.05) is 5.16 Å². The lowest BCUT2D eigenvalue weighted by Gasteiger charge is -2.16. The lowest BCUT2D eigenvalue weighted by atomic mass is 10.0. The quantitative estimate of drug-likeness (QED) is 0.553. The molecule has 4 aromatic rings. The molecule has 148 valence electrons. The van der Waals surface area contributed by atoms with E-state index in [0.717, 1.165) is 5.69 Å². The third-order valence-electron chi connectivity index (χ3n) is 4.84. The molecular formula is C21H20FN5O2. The molecule has 0 saturated heterocycles. The molecule has 0 bridgehead atoms. The zero-order valence-corrected chi connectivity index (χ0v) is 16.3. The van der Waals surface area contributed by atoms with E-state index in [0.29, 0.717) is 34.4 Å². The average Bonchev–Trinajstić information content (AvgIpc) is 3.34. The van der Waals surface area contributed by atoms with Crippen molar-refractivity contribution in [3.05, 3.63) is 65.4 Å². The van der Waals surface area contributed by atoms with Crippen molar-refractivity contribution in [3.63, 3.8) is 0 Å². The van der Waals surface area contributed by atoms with Gasteiger partial charge in [0, 0.05) is 18.3 Å². The number of hydrogen-bond acceptors (Lipinski definition) is 5. The van der Waals surface area contributed by atoms with Crippen LogP contribution in [0.5, 0.6) is 0 Å². The van der Waals surface area contributed by atoms with Gasteiger partial charge in [0.2, 0.25) is 0 Å². The Morgan fingerprint density at radius 2 is 2.03 bits per heavy atom. The van der Waals surface area contributed by atoms with Crippen molar-refractivity contribution >= 4 is 17.0 Å². The standard InChI is InChI=1S/C21H20FN5O2/c1-4-27-18(9-10-23-27)12(2)24-20(28)16-11-17(14-5-7-15(22)8-6-14)25-21-19(16)13(3)26-29-21/h5-12H,4H2,1-3H3,(H,24,28)/t12-/m1/s1. The maximum Gasteiger partial charge on any atom is 0.259 e. The van der Waals surface area contributed by atoms with Gasteiger partial charge in [-0.05, 0) is 57.2 Å². The van der Waals surface area contributed by atoms with Gasteiger partial charge in [0.25, 0.3) is 11.6 Å². The van der Waals surface area contributed by atoms with Crippen LogP contribution in [0.3, 0.4) is 0 Å². The average molecular weight is 393 g/mol. The van der Waals surface area contributed by atoms with Gasteiger partial charge in [-0.15, -0.1) is 0 Å². The minimum absolute atomic E-state index is 0.248. The minimum atomic E-state index is -0.343. The first kappa shape index (κ1) is 18.8. The number of rotatable bonds is 5. The topological polar surface area (TPSA) is 85.8 Å². The van der Waals surface area contributed by atoms with Crippen LogP contribution in [0.25, 0.3) is 22.4 Å². The van der Waals surface area contributed by atoms with Crippen LogP contribution < -0.4 is 5.32 Å². The molecule has 0 spiro atoms. The zero-order chi connectivity index (χ0) is 20.5. The van der Waals surface area contributed by atoms with Gasteiger partial charge in [-0.3, -0.25) is 9.48 Å². The van der Waals surface area contributed by atoms with Gasteiger partial charge >= 0.3 is 0 Å². The predicted molar refractivity (Wildman–Crippen MR) is 106 cm³/mol. The number of carbonyl (C=O) groups excluding carboxylic acids is 1. The van der Waals surface area contributed by atoms with Crippen molar-refractivity contribution in [1.82, 2.24) is 25.2 Å². The molecular weight excluding hydrogens is 373 g/mol. The summed E-state index contributed by atoms with van der Waals surface area (Å²) in [6.07, 6.45) is 1.71. The second kappa shape index (κ2) is 7.46. The molecule has 3 heterocycles. The summed E-state index contributed by atoms with van der Waals surface area (Å²) in [5.41, 5.74) is 3.34. The molecule has 7 nitrogen and oxygen atoms in total. The van der Waals surface area contributed by atoms with Crippen LogP contribution in [0.2, 0.25) is 0 Å². The Balaban J connectivity index is 1.74. The van der Waals surface area contributed by atoms with Crippen molar-refractivity contribution in [3.8, 4) is 11.3 Å². The van der Waals surface area contributed by atoms with Crippen LogP contribution in [0.1, 0.15) is 41.6 Å². The van der Waals surface area contributed by atoms with Crippen molar-refractivity contribution in [2.75, 3.05) is 0 Å². The van der Waals surface area contributed by atoms with Crippen molar-refractivity contribution in [2.24, 2.45) is 0 Å². The summed E-state index contributed by atoms with van der Waals surface area (Å²) in [6, 6.07) is 9.22. The van der Waals surface area contributed by atoms with Crippen molar-refractivity contribution in [2.45, 2.75) is 33.4 Å². The number of aromatic nitrogens is 4. The first-order valence-electron chi connectivity index (χ1n) is 9.33. The van der Waals surface area contributed by atoms with E-state index in [1.807, 2.05) is 24.6 Å². The third-order valence-corrected chi connectivity index (χ3v) is 4.84. The fraction of sp³-hybridized carbons (Fsp3) is 0.238. The van der Waals surface area contributed by atoms with Gasteiger partial charge in [-0.2, -0.15) is 5.10 Å². The Morgan fingerprint density at radius 3 is 2.76 bits per heavy atom. The fourth-order valence-corrected chi connectivity index (χ4v) is 3.37. The largest absolute Gasteiger partial charge is 0.344 e. The molecule has 29 heavy (non-hydrogen) atoms. The van der Waals surface area contributed by atoms with E-state index in [9.17, 15) is 9.18 Å². The third kappa shape index (κ3) is 3.49. The van der Waals surface area contributed by atoms with E-state index in [4.69, 9.17) is 4.52 Å². The summed E-state index contributed by atoms with van der Waals surface area (Å²) in [7, 11) is 0. The van der Waals surface area contributed by atoms with E-state index in [2.05, 4.69) is 20.6 Å². The molecule has 0 aliphatic carbocycles. The summed E-state index contributed by atoms with van der Waals surface area (Å²) < 4.78 is 20.4. The SMILES string of the molecule is CCn1nccc1[C@@H](C)NC(=O)c1cc(-c2ccc(F)cc2)nc2onc(C)c12. The van der Waals surface area contributed by atoms with Crippen LogP contribution >= 0.6 is 0 Å². The molecule has 0 unspecified atom stereocenters. The summed E-state index contributed by atoms with van der Waals surface area (Å²) in [4.78, 5) is 17.6. The number of carbonyl (C=O) groups is 1. The molecule has 1 N–H and O–H groups in total. The van der Waals surface area contributed by atoms with Crippen LogP contribution in [0.15, 0.2) is 47.1 Å². The number of aryl methyl sites for hydroxylation is 2. The fourth-order valence-electron chi connectivity index (χ4n) is 3.37. The Bertz CT molecular complexity index is 1180. The molecule has 0 saturated carbocycles. The highest BCUT2D eigenvalue weighted by atomic mass is 19.1. The highest BCUT2D eigenvalue weighted by Crippen LogP contribution is 2.27. The summed E-state index contributed by atoms with van der Waals surface area (Å²) in [5.74, 6) is -0.618. The number of nitrogens with one attached hydrogen (secondary N) is 1. The zero-order valence-electron chi connectivity index (χ0n) is 16.3. The molecule has 0 aliphatic heterocycles.